The van der Waals surface area contributed by atoms with E-state index in [4.69, 9.17) is 15.6 Å². The van der Waals surface area contributed by atoms with Gasteiger partial charge in [-0.1, -0.05) is 18.2 Å². The number of ether oxygens (including phenoxy) is 1. The van der Waals surface area contributed by atoms with E-state index in [2.05, 4.69) is 35.8 Å². The van der Waals surface area contributed by atoms with Crippen LogP contribution in [-0.4, -0.2) is 80.7 Å². The van der Waals surface area contributed by atoms with Crippen LogP contribution in [0.2, 0.25) is 0 Å². The Labute approximate surface area is 270 Å². The van der Waals surface area contributed by atoms with Gasteiger partial charge < -0.3 is 24.8 Å². The van der Waals surface area contributed by atoms with Crippen molar-refractivity contribution in [2.75, 3.05) is 32.8 Å². The lowest BCUT2D eigenvalue weighted by Gasteiger charge is -2.35. The molecule has 9 heteroatoms. The van der Waals surface area contributed by atoms with E-state index in [1.165, 1.54) is 29.3 Å². The maximum Gasteiger partial charge on any atom is 0.255 e. The molecule has 1 aromatic carbocycles. The lowest BCUT2D eigenvalue weighted by molar-refractivity contribution is -0.147. The lowest BCUT2D eigenvalue weighted by Crippen LogP contribution is -2.45. The van der Waals surface area contributed by atoms with Gasteiger partial charge in [0, 0.05) is 62.5 Å². The number of para-hydroxylation sites is 1. The molecule has 0 bridgehead atoms. The van der Waals surface area contributed by atoms with Gasteiger partial charge in [0.2, 0.25) is 0 Å². The first-order valence-corrected chi connectivity index (χ1v) is 17.5. The number of carbonyl (C=O) groups excluding carboxylic acids is 2. The number of likely N-dealkylation sites (tertiary alicyclic amines) is 2. The van der Waals surface area contributed by atoms with E-state index in [9.17, 15) is 9.59 Å². The number of hydrogen-bond acceptors (Lipinski definition) is 5. The van der Waals surface area contributed by atoms with Gasteiger partial charge >= 0.3 is 0 Å². The summed E-state index contributed by atoms with van der Waals surface area (Å²) in [6.07, 6.45) is 11.0. The Kier molecular flexibility index (Phi) is 7.85. The van der Waals surface area contributed by atoms with Crippen molar-refractivity contribution in [3.63, 3.8) is 0 Å². The van der Waals surface area contributed by atoms with Gasteiger partial charge in [-0.3, -0.25) is 9.59 Å². The Morgan fingerprint density at radius 2 is 1.80 bits per heavy atom. The van der Waals surface area contributed by atoms with E-state index in [0.29, 0.717) is 30.6 Å². The molecule has 2 atom stereocenters. The number of fused-ring (bicyclic) bond motifs is 2. The number of rotatable bonds is 6. The summed E-state index contributed by atoms with van der Waals surface area (Å²) in [7, 11) is 0. The molecule has 2 unspecified atom stereocenters. The lowest BCUT2D eigenvalue weighted by atomic mass is 9.88. The van der Waals surface area contributed by atoms with Crippen molar-refractivity contribution >= 4 is 28.2 Å². The first-order valence-electron chi connectivity index (χ1n) is 17.5. The summed E-state index contributed by atoms with van der Waals surface area (Å²) in [5, 5.41) is 6.38. The summed E-state index contributed by atoms with van der Waals surface area (Å²) in [6.45, 7) is 6.76. The van der Waals surface area contributed by atoms with Crippen LogP contribution >= 0.6 is 0 Å². The molecule has 1 aliphatic carbocycles. The zero-order valence-electron chi connectivity index (χ0n) is 27.0. The average molecular weight is 623 g/mol. The Hall–Kier alpha value is -3.69. The molecule has 4 aliphatic rings. The van der Waals surface area contributed by atoms with E-state index >= 15 is 0 Å². The molecule has 0 spiro atoms. The summed E-state index contributed by atoms with van der Waals surface area (Å²) in [5.41, 5.74) is 13.8. The molecule has 8 rings (SSSR count). The third-order valence-electron chi connectivity index (χ3n) is 10.9. The SMILES string of the molecule is Cc1c(-c2cc3cccc(C4CCN(C(=O)C5CCCCO5)CC4)c3n2CC2CC2)nn2cc(C(=O)N3CCCC(N)C3)ccc12. The normalized spacial score (nSPS) is 23.0. The topological polar surface area (TPSA) is 98.1 Å². The van der Waals surface area contributed by atoms with Crippen LogP contribution in [0, 0.1) is 12.8 Å². The van der Waals surface area contributed by atoms with Crippen LogP contribution in [0.3, 0.4) is 0 Å². The van der Waals surface area contributed by atoms with Crippen molar-refractivity contribution in [1.29, 1.82) is 0 Å². The van der Waals surface area contributed by atoms with Gasteiger partial charge in [0.1, 0.15) is 11.8 Å². The van der Waals surface area contributed by atoms with Crippen molar-refractivity contribution < 1.29 is 14.3 Å². The zero-order valence-corrected chi connectivity index (χ0v) is 27.0. The predicted octanol–water partition coefficient (Wildman–Crippen LogP) is 5.51. The summed E-state index contributed by atoms with van der Waals surface area (Å²) in [4.78, 5) is 30.5. The number of aromatic nitrogens is 3. The number of nitrogens with two attached hydrogens (primary N) is 1. The molecular weight excluding hydrogens is 576 g/mol. The van der Waals surface area contributed by atoms with Crippen LogP contribution in [0.25, 0.3) is 27.8 Å². The van der Waals surface area contributed by atoms with Gasteiger partial charge in [0.25, 0.3) is 11.8 Å². The number of nitrogens with zero attached hydrogens (tertiary/aromatic N) is 5. The third-order valence-corrected chi connectivity index (χ3v) is 10.9. The first kappa shape index (κ1) is 29.7. The zero-order chi connectivity index (χ0) is 31.4. The van der Waals surface area contributed by atoms with E-state index in [-0.39, 0.29) is 24.0 Å². The number of piperidine rings is 2. The maximum absolute atomic E-state index is 13.4. The molecule has 9 nitrogen and oxygen atoms in total. The van der Waals surface area contributed by atoms with Crippen LogP contribution in [0.4, 0.5) is 0 Å². The maximum atomic E-state index is 13.4. The Bertz CT molecular complexity index is 1770. The van der Waals surface area contributed by atoms with Gasteiger partial charge in [-0.05, 0) is 100 Å². The highest BCUT2D eigenvalue weighted by molar-refractivity contribution is 5.95. The Morgan fingerprint density at radius 1 is 0.957 bits per heavy atom. The summed E-state index contributed by atoms with van der Waals surface area (Å²) in [5.74, 6) is 1.30. The first-order chi connectivity index (χ1) is 22.4. The van der Waals surface area contributed by atoms with Gasteiger partial charge in [-0.25, -0.2) is 4.52 Å². The Balaban J connectivity index is 1.11. The van der Waals surface area contributed by atoms with Gasteiger partial charge in [-0.15, -0.1) is 0 Å². The molecule has 3 aliphatic heterocycles. The highest BCUT2D eigenvalue weighted by Gasteiger charge is 2.33. The van der Waals surface area contributed by atoms with Gasteiger partial charge in [0.15, 0.2) is 0 Å². The fourth-order valence-electron chi connectivity index (χ4n) is 8.10. The van der Waals surface area contributed by atoms with Gasteiger partial charge in [0.05, 0.1) is 22.3 Å². The van der Waals surface area contributed by atoms with Crippen LogP contribution < -0.4 is 5.73 Å². The minimum absolute atomic E-state index is 0.0262. The standard InChI is InChI=1S/C37H46N6O3/c1-24-31-13-12-28(36(44)41-16-5-7-29(38)23-41)22-43(31)39-34(24)32-20-27-6-4-8-30(35(27)42(32)21-25-10-11-25)26-14-17-40(18-15-26)37(45)33-9-2-3-19-46-33/h4,6,8,12-13,20,22,25-26,29,33H,2-3,5,7,9-11,14-19,21,23,38H2,1H3. The van der Waals surface area contributed by atoms with E-state index in [0.717, 1.165) is 93.6 Å². The molecule has 6 heterocycles. The number of pyridine rings is 1. The highest BCUT2D eigenvalue weighted by atomic mass is 16.5. The Morgan fingerprint density at radius 3 is 2.57 bits per heavy atom. The van der Waals surface area contributed by atoms with Crippen molar-refractivity contribution in [3.8, 4) is 11.4 Å². The predicted molar refractivity (Wildman–Crippen MR) is 179 cm³/mol. The fraction of sp³-hybridized carbons (Fsp3) is 0.541. The molecule has 2 N–H and O–H groups in total. The second kappa shape index (κ2) is 12.2. The summed E-state index contributed by atoms with van der Waals surface area (Å²) in [6, 6.07) is 13.1. The molecule has 242 valence electrons. The van der Waals surface area contributed by atoms with Crippen molar-refractivity contribution in [2.45, 2.75) is 89.3 Å². The third kappa shape index (κ3) is 5.51. The van der Waals surface area contributed by atoms with E-state index in [1.54, 1.807) is 0 Å². The van der Waals surface area contributed by atoms with Crippen LogP contribution in [-0.2, 0) is 16.1 Å². The number of aryl methyl sites for hydroxylation is 1. The van der Waals surface area contributed by atoms with E-state index in [1.807, 2.05) is 32.6 Å². The molecule has 1 saturated carbocycles. The van der Waals surface area contributed by atoms with Crippen LogP contribution in [0.5, 0.6) is 0 Å². The number of hydrogen-bond donors (Lipinski definition) is 1. The molecule has 2 amide bonds. The second-order valence-corrected chi connectivity index (χ2v) is 14.2. The molecule has 46 heavy (non-hydrogen) atoms. The van der Waals surface area contributed by atoms with Crippen molar-refractivity contribution in [2.24, 2.45) is 11.7 Å². The van der Waals surface area contributed by atoms with Crippen molar-refractivity contribution in [1.82, 2.24) is 24.0 Å². The largest absolute Gasteiger partial charge is 0.368 e. The summed E-state index contributed by atoms with van der Waals surface area (Å²) >= 11 is 0. The minimum Gasteiger partial charge on any atom is -0.368 e. The van der Waals surface area contributed by atoms with Crippen LogP contribution in [0.15, 0.2) is 42.6 Å². The van der Waals surface area contributed by atoms with Gasteiger partial charge in [-0.2, -0.15) is 5.10 Å². The molecular formula is C37H46N6O3. The molecule has 4 aromatic rings. The van der Waals surface area contributed by atoms with E-state index < -0.39 is 0 Å². The number of amides is 2. The average Bonchev–Trinajstić information content (AvgIpc) is 3.76. The summed E-state index contributed by atoms with van der Waals surface area (Å²) < 4.78 is 10.2. The van der Waals surface area contributed by atoms with Crippen molar-refractivity contribution in [3.05, 3.63) is 59.3 Å². The molecule has 3 saturated heterocycles. The molecule has 0 radical (unpaired) electrons. The molecule has 3 aromatic heterocycles. The molecule has 4 fully saturated rings. The monoisotopic (exact) mass is 622 g/mol. The second-order valence-electron chi connectivity index (χ2n) is 14.2. The quantitative estimate of drug-likeness (QED) is 0.306. The highest BCUT2D eigenvalue weighted by Crippen LogP contribution is 2.41. The van der Waals surface area contributed by atoms with Crippen LogP contribution in [0.1, 0.15) is 85.2 Å². The fourth-order valence-corrected chi connectivity index (χ4v) is 8.10. The number of carbonyl (C=O) groups is 2. The smallest absolute Gasteiger partial charge is 0.255 e. The number of benzene rings is 1. The minimum atomic E-state index is -0.252.